The van der Waals surface area contributed by atoms with Crippen molar-refractivity contribution < 1.29 is 14.3 Å². The highest BCUT2D eigenvalue weighted by Gasteiger charge is 2.21. The van der Waals surface area contributed by atoms with Gasteiger partial charge in [0.2, 0.25) is 0 Å². The van der Waals surface area contributed by atoms with Gasteiger partial charge in [-0.2, -0.15) is 0 Å². The van der Waals surface area contributed by atoms with E-state index in [1.54, 1.807) is 4.90 Å². The molecule has 1 fully saturated rings. The second-order valence-corrected chi connectivity index (χ2v) is 9.35. The van der Waals surface area contributed by atoms with Crippen molar-refractivity contribution in [2.24, 2.45) is 5.41 Å². The van der Waals surface area contributed by atoms with Gasteiger partial charge in [0.05, 0.1) is 18.2 Å². The number of ether oxygens (including phenoxy) is 2. The molecule has 0 spiro atoms. The van der Waals surface area contributed by atoms with Crippen molar-refractivity contribution in [3.05, 3.63) is 28.8 Å². The number of halogens is 1. The molecule has 0 radical (unpaired) electrons. The number of carbonyl (C=O) groups is 1. The molecule has 1 amide bonds. The van der Waals surface area contributed by atoms with Gasteiger partial charge in [0.15, 0.2) is 0 Å². The zero-order valence-electron chi connectivity index (χ0n) is 18.5. The van der Waals surface area contributed by atoms with Crippen LogP contribution in [0.25, 0.3) is 0 Å². The number of rotatable bonds is 9. The van der Waals surface area contributed by atoms with Crippen LogP contribution < -0.4 is 4.74 Å². The van der Waals surface area contributed by atoms with Gasteiger partial charge in [0.1, 0.15) is 5.75 Å². The molecule has 1 aromatic carbocycles. The highest BCUT2D eigenvalue weighted by atomic mass is 35.5. The molecule has 0 aliphatic carbocycles. The summed E-state index contributed by atoms with van der Waals surface area (Å²) in [7, 11) is 0. The zero-order valence-corrected chi connectivity index (χ0v) is 19.3. The topological polar surface area (TPSA) is 42.0 Å². The number of benzene rings is 1. The van der Waals surface area contributed by atoms with E-state index in [9.17, 15) is 4.79 Å². The van der Waals surface area contributed by atoms with Crippen LogP contribution in [0.1, 0.15) is 52.5 Å². The molecule has 0 aromatic heterocycles. The summed E-state index contributed by atoms with van der Waals surface area (Å²) in [5.74, 6) is 0.777. The molecule has 1 aliphatic heterocycles. The number of nitrogens with zero attached hydrogens (tertiary/aromatic N) is 2. The van der Waals surface area contributed by atoms with E-state index in [0.717, 1.165) is 64.2 Å². The van der Waals surface area contributed by atoms with Crippen LogP contribution in [0.15, 0.2) is 18.2 Å². The van der Waals surface area contributed by atoms with E-state index in [2.05, 4.69) is 31.7 Å². The van der Waals surface area contributed by atoms with Crippen LogP contribution in [-0.4, -0.2) is 61.8 Å². The summed E-state index contributed by atoms with van der Waals surface area (Å²) in [6, 6.07) is 6.13. The molecule has 0 atom stereocenters. The van der Waals surface area contributed by atoms with Crippen molar-refractivity contribution in [3.8, 4) is 5.75 Å². The third-order valence-corrected chi connectivity index (χ3v) is 5.30. The lowest BCUT2D eigenvalue weighted by Crippen LogP contribution is -2.49. The van der Waals surface area contributed by atoms with Gasteiger partial charge in [-0.15, -0.1) is 0 Å². The van der Waals surface area contributed by atoms with Gasteiger partial charge in [-0.25, -0.2) is 4.79 Å². The largest absolute Gasteiger partial charge is 0.492 e. The molecule has 1 aromatic rings. The van der Waals surface area contributed by atoms with E-state index >= 15 is 0 Å². The molecule has 0 saturated carbocycles. The predicted molar refractivity (Wildman–Crippen MR) is 119 cm³/mol. The summed E-state index contributed by atoms with van der Waals surface area (Å²) >= 11 is 6.39. The lowest BCUT2D eigenvalue weighted by Gasteiger charge is -2.34. The number of carbonyl (C=O) groups excluding carboxylic acids is 1. The molecule has 1 aliphatic rings. The Bertz CT molecular complexity index is 638. The lowest BCUT2D eigenvalue weighted by atomic mass is 9.88. The Hall–Kier alpha value is -1.46. The molecular weight excluding hydrogens is 388 g/mol. The Labute approximate surface area is 181 Å². The Morgan fingerprint density at radius 3 is 2.45 bits per heavy atom. The van der Waals surface area contributed by atoms with E-state index in [4.69, 9.17) is 21.1 Å². The number of hydrogen-bond donors (Lipinski definition) is 0. The highest BCUT2D eigenvalue weighted by molar-refractivity contribution is 6.32. The summed E-state index contributed by atoms with van der Waals surface area (Å²) in [5, 5.41) is 0.700. The van der Waals surface area contributed by atoms with Crippen molar-refractivity contribution in [3.63, 3.8) is 0 Å². The Balaban J connectivity index is 1.58. The third kappa shape index (κ3) is 8.83. The standard InChI is InChI=1S/C23H37ClN2O3/c1-5-28-22(27)26-14-12-25(13-15-26)11-7-6-8-16-29-21-10-9-19(17-20(21)24)18-23(2,3)4/h9-10,17H,5-8,11-16,18H2,1-4H3. The first-order valence-electron chi connectivity index (χ1n) is 10.8. The molecule has 1 saturated heterocycles. The van der Waals surface area contributed by atoms with E-state index in [1.165, 1.54) is 5.56 Å². The van der Waals surface area contributed by atoms with Gasteiger partial charge in [-0.3, -0.25) is 4.90 Å². The SMILES string of the molecule is CCOC(=O)N1CCN(CCCCCOc2ccc(CC(C)(C)C)cc2Cl)CC1. The maximum Gasteiger partial charge on any atom is 0.409 e. The fourth-order valence-electron chi connectivity index (χ4n) is 3.55. The van der Waals surface area contributed by atoms with Crippen LogP contribution in [0, 0.1) is 5.41 Å². The van der Waals surface area contributed by atoms with Gasteiger partial charge in [-0.05, 0) is 62.3 Å². The zero-order chi connectivity index (χ0) is 21.3. The smallest absolute Gasteiger partial charge is 0.409 e. The molecule has 0 N–H and O–H groups in total. The number of hydrogen-bond acceptors (Lipinski definition) is 4. The Morgan fingerprint density at radius 2 is 1.83 bits per heavy atom. The van der Waals surface area contributed by atoms with Crippen LogP contribution in [0.3, 0.4) is 0 Å². The maximum atomic E-state index is 11.7. The van der Waals surface area contributed by atoms with E-state index in [0.29, 0.717) is 18.2 Å². The summed E-state index contributed by atoms with van der Waals surface area (Å²) in [6.45, 7) is 14.1. The van der Waals surface area contributed by atoms with Crippen molar-refractivity contribution in [2.75, 3.05) is 45.9 Å². The summed E-state index contributed by atoms with van der Waals surface area (Å²) < 4.78 is 10.9. The predicted octanol–water partition coefficient (Wildman–Crippen LogP) is 5.25. The summed E-state index contributed by atoms with van der Waals surface area (Å²) in [5.41, 5.74) is 1.50. The van der Waals surface area contributed by atoms with Crippen molar-refractivity contribution >= 4 is 17.7 Å². The van der Waals surface area contributed by atoms with Crippen LogP contribution in [0.2, 0.25) is 5.02 Å². The Morgan fingerprint density at radius 1 is 1.10 bits per heavy atom. The quantitative estimate of drug-likeness (QED) is 0.507. The summed E-state index contributed by atoms with van der Waals surface area (Å²) in [4.78, 5) is 15.9. The van der Waals surface area contributed by atoms with Crippen LogP contribution in [0.5, 0.6) is 5.75 Å². The minimum atomic E-state index is -0.186. The maximum absolute atomic E-state index is 11.7. The van der Waals surface area contributed by atoms with Crippen molar-refractivity contribution in [2.45, 2.75) is 53.4 Å². The first-order chi connectivity index (χ1) is 13.8. The molecule has 0 unspecified atom stereocenters. The Kier molecular flexibility index (Phi) is 9.57. The minimum Gasteiger partial charge on any atom is -0.492 e. The monoisotopic (exact) mass is 424 g/mol. The number of unbranched alkanes of at least 4 members (excludes halogenated alkanes) is 2. The fraction of sp³-hybridized carbons (Fsp3) is 0.696. The first kappa shape index (κ1) is 23.8. The average Bonchev–Trinajstić information content (AvgIpc) is 2.65. The minimum absolute atomic E-state index is 0.186. The molecule has 1 heterocycles. The van der Waals surface area contributed by atoms with Crippen LogP contribution in [0.4, 0.5) is 4.79 Å². The van der Waals surface area contributed by atoms with Gasteiger partial charge >= 0.3 is 6.09 Å². The molecule has 6 heteroatoms. The normalized spacial score (nSPS) is 15.4. The molecule has 0 bridgehead atoms. The fourth-order valence-corrected chi connectivity index (χ4v) is 3.81. The molecule has 2 rings (SSSR count). The van der Waals surface area contributed by atoms with Crippen LogP contribution in [-0.2, 0) is 11.2 Å². The lowest BCUT2D eigenvalue weighted by molar-refractivity contribution is 0.0791. The third-order valence-electron chi connectivity index (χ3n) is 5.01. The average molecular weight is 425 g/mol. The molecule has 29 heavy (non-hydrogen) atoms. The molecule has 5 nitrogen and oxygen atoms in total. The van der Waals surface area contributed by atoms with Gasteiger partial charge < -0.3 is 14.4 Å². The van der Waals surface area contributed by atoms with Gasteiger partial charge in [0, 0.05) is 26.2 Å². The number of piperazine rings is 1. The highest BCUT2D eigenvalue weighted by Crippen LogP contribution is 2.29. The van der Waals surface area contributed by atoms with E-state index in [1.807, 2.05) is 19.1 Å². The van der Waals surface area contributed by atoms with Crippen molar-refractivity contribution in [1.29, 1.82) is 0 Å². The van der Waals surface area contributed by atoms with Gasteiger partial charge in [-0.1, -0.05) is 38.4 Å². The summed E-state index contributed by atoms with van der Waals surface area (Å²) in [6.07, 6.45) is 4.09. The number of amides is 1. The van der Waals surface area contributed by atoms with Gasteiger partial charge in [0.25, 0.3) is 0 Å². The van der Waals surface area contributed by atoms with E-state index < -0.39 is 0 Å². The van der Waals surface area contributed by atoms with Crippen LogP contribution >= 0.6 is 11.6 Å². The second kappa shape index (κ2) is 11.7. The molecule has 164 valence electrons. The first-order valence-corrected chi connectivity index (χ1v) is 11.2. The van der Waals surface area contributed by atoms with Crippen molar-refractivity contribution in [1.82, 2.24) is 9.80 Å². The second-order valence-electron chi connectivity index (χ2n) is 8.94. The van der Waals surface area contributed by atoms with E-state index in [-0.39, 0.29) is 11.5 Å². The molecular formula is C23H37ClN2O3.